The summed E-state index contributed by atoms with van der Waals surface area (Å²) in [5.74, 6) is 1.47. The summed E-state index contributed by atoms with van der Waals surface area (Å²) in [4.78, 5) is 14.8. The molecule has 3 aromatic heterocycles. The largest absolute Gasteiger partial charge is 0.416 e. The Morgan fingerprint density at radius 2 is 0.817 bits per heavy atom. The van der Waals surface area contributed by atoms with Crippen molar-refractivity contribution in [2.24, 2.45) is 0 Å². The number of hydrogen-bond donors (Lipinski definition) is 0. The van der Waals surface area contributed by atoms with Gasteiger partial charge in [0, 0.05) is 49.5 Å². The molecule has 5 nitrogen and oxygen atoms in total. The Labute approximate surface area is 342 Å². The van der Waals surface area contributed by atoms with Gasteiger partial charge in [-0.25, -0.2) is 15.0 Å². The Morgan fingerprint density at radius 3 is 1.38 bits per heavy atom. The number of fused-ring (bicyclic) bond motifs is 6. The molecule has 0 atom stereocenters. The molecule has 11 aromatic rings. The SMILES string of the molecule is FC(F)(F)c1ccc(-c2cc(-c3nc(-c4ccccc4)nc(-c4ccccc4)n3)ccc2-n2c3ccccc3c3cc4c5ccccc5n(-c5ccccc5)c4cc32)cc1. The summed E-state index contributed by atoms with van der Waals surface area (Å²) in [5.41, 5.74) is 8.89. The zero-order valence-corrected chi connectivity index (χ0v) is 31.8. The number of benzene rings is 8. The number of para-hydroxylation sites is 3. The van der Waals surface area contributed by atoms with Crippen LogP contribution in [-0.2, 0) is 6.18 Å². The van der Waals surface area contributed by atoms with Crippen LogP contribution >= 0.6 is 0 Å². The molecule has 0 saturated heterocycles. The summed E-state index contributed by atoms with van der Waals surface area (Å²) >= 11 is 0. The first-order valence-corrected chi connectivity index (χ1v) is 19.6. The second-order valence-corrected chi connectivity index (χ2v) is 14.8. The van der Waals surface area contributed by atoms with Crippen LogP contribution in [0.25, 0.3) is 100 Å². The Balaban J connectivity index is 1.20. The molecule has 0 fully saturated rings. The van der Waals surface area contributed by atoms with Gasteiger partial charge in [-0.15, -0.1) is 0 Å². The number of rotatable bonds is 6. The van der Waals surface area contributed by atoms with Crippen molar-refractivity contribution in [1.29, 1.82) is 0 Å². The first-order valence-electron chi connectivity index (χ1n) is 19.6. The lowest BCUT2D eigenvalue weighted by molar-refractivity contribution is -0.137. The van der Waals surface area contributed by atoms with Gasteiger partial charge in [-0.2, -0.15) is 13.2 Å². The summed E-state index contributed by atoms with van der Waals surface area (Å²) in [7, 11) is 0. The van der Waals surface area contributed by atoms with Crippen molar-refractivity contribution < 1.29 is 13.2 Å². The summed E-state index contributed by atoms with van der Waals surface area (Å²) in [5, 5.41) is 4.40. The lowest BCUT2D eigenvalue weighted by atomic mass is 9.98. The molecular formula is C52H32F3N5. The third-order valence-corrected chi connectivity index (χ3v) is 11.2. The van der Waals surface area contributed by atoms with Crippen LogP contribution in [-0.4, -0.2) is 24.1 Å². The summed E-state index contributed by atoms with van der Waals surface area (Å²) < 4.78 is 46.4. The Kier molecular flexibility index (Phi) is 8.20. The highest BCUT2D eigenvalue weighted by Gasteiger charge is 2.30. The molecule has 8 heteroatoms. The van der Waals surface area contributed by atoms with Gasteiger partial charge in [0.05, 0.1) is 33.3 Å². The highest BCUT2D eigenvalue weighted by molar-refractivity contribution is 6.19. The lowest BCUT2D eigenvalue weighted by Crippen LogP contribution is -2.04. The molecule has 0 aliphatic rings. The second-order valence-electron chi connectivity index (χ2n) is 14.8. The molecule has 3 heterocycles. The van der Waals surface area contributed by atoms with Crippen molar-refractivity contribution in [3.63, 3.8) is 0 Å². The maximum Gasteiger partial charge on any atom is 0.416 e. The van der Waals surface area contributed by atoms with Gasteiger partial charge in [-0.05, 0) is 72.3 Å². The van der Waals surface area contributed by atoms with Gasteiger partial charge in [0.1, 0.15) is 0 Å². The van der Waals surface area contributed by atoms with Crippen LogP contribution in [0.3, 0.4) is 0 Å². The monoisotopic (exact) mass is 783 g/mol. The van der Waals surface area contributed by atoms with Crippen molar-refractivity contribution in [3.05, 3.63) is 200 Å². The molecule has 8 aromatic carbocycles. The van der Waals surface area contributed by atoms with Crippen molar-refractivity contribution in [3.8, 4) is 56.7 Å². The summed E-state index contributed by atoms with van der Waals surface area (Å²) in [6.45, 7) is 0. The van der Waals surface area contributed by atoms with Crippen molar-refractivity contribution in [2.45, 2.75) is 6.18 Å². The fourth-order valence-electron chi connectivity index (χ4n) is 8.42. The predicted molar refractivity (Wildman–Crippen MR) is 235 cm³/mol. The van der Waals surface area contributed by atoms with E-state index >= 15 is 0 Å². The van der Waals surface area contributed by atoms with E-state index in [2.05, 4.69) is 69.8 Å². The smallest absolute Gasteiger partial charge is 0.309 e. The molecule has 0 N–H and O–H groups in total. The third kappa shape index (κ3) is 5.91. The maximum absolute atomic E-state index is 13.9. The first-order chi connectivity index (χ1) is 29.4. The average molecular weight is 784 g/mol. The number of hydrogen-bond acceptors (Lipinski definition) is 3. The molecule has 60 heavy (non-hydrogen) atoms. The zero-order chi connectivity index (χ0) is 40.4. The molecule has 11 rings (SSSR count). The maximum atomic E-state index is 13.9. The highest BCUT2D eigenvalue weighted by atomic mass is 19.4. The van der Waals surface area contributed by atoms with E-state index in [0.717, 1.165) is 83.8 Å². The molecular weight excluding hydrogens is 752 g/mol. The zero-order valence-electron chi connectivity index (χ0n) is 31.8. The van der Waals surface area contributed by atoms with E-state index in [-0.39, 0.29) is 0 Å². The minimum atomic E-state index is -4.48. The van der Waals surface area contributed by atoms with E-state index in [0.29, 0.717) is 28.6 Å². The average Bonchev–Trinajstić information content (AvgIpc) is 3.80. The quantitative estimate of drug-likeness (QED) is 0.169. The van der Waals surface area contributed by atoms with E-state index < -0.39 is 11.7 Å². The molecule has 0 amide bonds. The van der Waals surface area contributed by atoms with Gasteiger partial charge in [-0.3, -0.25) is 0 Å². The fourth-order valence-corrected chi connectivity index (χ4v) is 8.42. The first kappa shape index (κ1) is 35.3. The Morgan fingerprint density at radius 1 is 0.350 bits per heavy atom. The molecule has 0 radical (unpaired) electrons. The van der Waals surface area contributed by atoms with Gasteiger partial charge in [-0.1, -0.05) is 127 Å². The van der Waals surface area contributed by atoms with Crippen LogP contribution in [0.15, 0.2) is 194 Å². The molecule has 0 spiro atoms. The van der Waals surface area contributed by atoms with Crippen molar-refractivity contribution in [2.75, 3.05) is 0 Å². The van der Waals surface area contributed by atoms with E-state index in [1.54, 1.807) is 12.1 Å². The lowest BCUT2D eigenvalue weighted by Gasteiger charge is -2.17. The molecule has 0 aliphatic carbocycles. The van der Waals surface area contributed by atoms with E-state index in [1.165, 1.54) is 0 Å². The van der Waals surface area contributed by atoms with Gasteiger partial charge in [0.25, 0.3) is 0 Å². The number of halogens is 3. The number of alkyl halides is 3. The van der Waals surface area contributed by atoms with E-state index in [9.17, 15) is 13.2 Å². The number of aromatic nitrogens is 5. The Hall–Kier alpha value is -7.84. The number of nitrogens with zero attached hydrogens (tertiary/aromatic N) is 5. The van der Waals surface area contributed by atoms with Gasteiger partial charge in [0.2, 0.25) is 0 Å². The molecule has 0 bridgehead atoms. The fraction of sp³-hybridized carbons (Fsp3) is 0.0192. The second kappa shape index (κ2) is 13.9. The minimum Gasteiger partial charge on any atom is -0.309 e. The van der Waals surface area contributed by atoms with Crippen LogP contribution in [0.2, 0.25) is 0 Å². The molecule has 0 aliphatic heterocycles. The van der Waals surface area contributed by atoms with Crippen LogP contribution in [0.5, 0.6) is 0 Å². The molecule has 286 valence electrons. The van der Waals surface area contributed by atoms with Crippen molar-refractivity contribution in [1.82, 2.24) is 24.1 Å². The van der Waals surface area contributed by atoms with E-state index in [1.807, 2.05) is 109 Å². The van der Waals surface area contributed by atoms with Crippen molar-refractivity contribution >= 4 is 43.6 Å². The minimum absolute atomic E-state index is 0.443. The van der Waals surface area contributed by atoms with Crippen LogP contribution in [0.4, 0.5) is 13.2 Å². The normalized spacial score (nSPS) is 11.9. The standard InChI is InChI=1S/C52H32F3N5/c53-52(54,55)37-27-24-33(25-28-37)41-30-36(51-57-49(34-14-4-1-5-15-34)56-50(58-51)35-16-6-2-7-17-35)26-29-46(41)60-45-23-13-11-21-40(45)43-31-42-39-20-10-12-22-44(39)59(47(42)32-48(43)60)38-18-8-3-9-19-38/h1-32H. The van der Waals surface area contributed by atoms with Crippen LogP contribution in [0.1, 0.15) is 5.56 Å². The Bertz CT molecular complexity index is 3330. The van der Waals surface area contributed by atoms with Crippen LogP contribution in [0, 0.1) is 0 Å². The summed E-state index contributed by atoms with van der Waals surface area (Å²) in [6.07, 6.45) is -4.48. The third-order valence-electron chi connectivity index (χ3n) is 11.2. The van der Waals surface area contributed by atoms with Gasteiger partial charge < -0.3 is 9.13 Å². The van der Waals surface area contributed by atoms with Crippen LogP contribution < -0.4 is 0 Å². The predicted octanol–water partition coefficient (Wildman–Crippen LogP) is 13.8. The van der Waals surface area contributed by atoms with E-state index in [4.69, 9.17) is 15.0 Å². The van der Waals surface area contributed by atoms with Gasteiger partial charge in [0.15, 0.2) is 17.5 Å². The molecule has 0 saturated carbocycles. The summed E-state index contributed by atoms with van der Waals surface area (Å²) in [6, 6.07) is 62.4. The molecule has 0 unspecified atom stereocenters. The van der Waals surface area contributed by atoms with Gasteiger partial charge >= 0.3 is 6.18 Å². The highest BCUT2D eigenvalue weighted by Crippen LogP contribution is 2.42. The topological polar surface area (TPSA) is 48.5 Å².